The van der Waals surface area contributed by atoms with Crippen LogP contribution in [0.5, 0.6) is 0 Å². The molecule has 0 saturated heterocycles. The number of rotatable bonds is 1. The molecule has 4 heteroatoms. The van der Waals surface area contributed by atoms with E-state index in [-0.39, 0.29) is 9.80 Å². The molecular formula is C7H8O2S2. The van der Waals surface area contributed by atoms with E-state index in [0.29, 0.717) is 5.95 Å². The normalized spacial score (nSPS) is 27.5. The summed E-state index contributed by atoms with van der Waals surface area (Å²) in [7, 11) is 3.27. The van der Waals surface area contributed by atoms with Crippen molar-refractivity contribution in [2.75, 3.05) is 7.11 Å². The van der Waals surface area contributed by atoms with Gasteiger partial charge in [0.1, 0.15) is 0 Å². The molecule has 2 nitrogen and oxygen atoms in total. The lowest BCUT2D eigenvalue weighted by atomic mass is 10.4. The van der Waals surface area contributed by atoms with Crippen LogP contribution in [-0.4, -0.2) is 12.0 Å². The van der Waals surface area contributed by atoms with Crippen molar-refractivity contribution >= 4 is 25.5 Å². The summed E-state index contributed by atoms with van der Waals surface area (Å²) in [6.07, 6.45) is 4.09. The summed E-state index contributed by atoms with van der Waals surface area (Å²) in [4.78, 5) is 2.55. The standard InChI is InChI=1S/C7H8O2S2/c1-5-3-6-4-7(8-2)9-11(6)10-5/h3-4H,1-2H3. The molecule has 0 saturated carbocycles. The molecule has 0 spiro atoms. The average molecular weight is 188 g/mol. The lowest BCUT2D eigenvalue weighted by Crippen LogP contribution is -1.84. The van der Waals surface area contributed by atoms with Gasteiger partial charge in [-0.2, -0.15) is 0 Å². The van der Waals surface area contributed by atoms with Crippen LogP contribution in [-0.2, 0) is 8.92 Å². The summed E-state index contributed by atoms with van der Waals surface area (Å²) in [5.41, 5.74) is 0. The van der Waals surface area contributed by atoms with Crippen molar-refractivity contribution in [2.24, 2.45) is 0 Å². The lowest BCUT2D eigenvalue weighted by Gasteiger charge is -2.03. The summed E-state index contributed by atoms with van der Waals surface area (Å²) in [5.74, 6) is 0.639. The Morgan fingerprint density at radius 3 is 3.00 bits per heavy atom. The van der Waals surface area contributed by atoms with Gasteiger partial charge in [-0.3, -0.25) is 0 Å². The first-order chi connectivity index (χ1) is 5.29. The van der Waals surface area contributed by atoms with Gasteiger partial charge >= 0.3 is 0 Å². The van der Waals surface area contributed by atoms with E-state index in [1.807, 2.05) is 6.08 Å². The molecule has 0 aromatic carbocycles. The van der Waals surface area contributed by atoms with E-state index in [1.165, 1.54) is 9.77 Å². The number of hydrogen-bond acceptors (Lipinski definition) is 3. The van der Waals surface area contributed by atoms with Gasteiger partial charge in [0.2, 0.25) is 0 Å². The molecule has 0 aromatic heterocycles. The molecule has 60 valence electrons. The van der Waals surface area contributed by atoms with Crippen molar-refractivity contribution in [1.29, 1.82) is 0 Å². The van der Waals surface area contributed by atoms with E-state index in [9.17, 15) is 0 Å². The Hall–Kier alpha value is -0.350. The van der Waals surface area contributed by atoms with Crippen molar-refractivity contribution < 1.29 is 8.92 Å². The Balaban J connectivity index is 2.22. The van der Waals surface area contributed by atoms with Crippen LogP contribution in [0.15, 0.2) is 23.0 Å². The molecule has 2 aliphatic rings. The van der Waals surface area contributed by atoms with Gasteiger partial charge in [0.25, 0.3) is 5.95 Å². The summed E-state index contributed by atoms with van der Waals surface area (Å²) >= 11 is 0. The van der Waals surface area contributed by atoms with E-state index in [1.54, 1.807) is 17.9 Å². The quantitative estimate of drug-likeness (QED) is 0.465. The van der Waals surface area contributed by atoms with Crippen molar-refractivity contribution in [3.8, 4) is 0 Å². The Bertz CT molecular complexity index is 289. The maximum atomic E-state index is 5.45. The molecule has 0 amide bonds. The zero-order chi connectivity index (χ0) is 7.84. The molecule has 1 atom stereocenters. The fourth-order valence-electron chi connectivity index (χ4n) is 0.903. The van der Waals surface area contributed by atoms with Crippen molar-refractivity contribution in [3.63, 3.8) is 0 Å². The summed E-state index contributed by atoms with van der Waals surface area (Å²) < 4.78 is 10.4. The van der Waals surface area contributed by atoms with Crippen molar-refractivity contribution in [3.05, 3.63) is 23.0 Å². The highest BCUT2D eigenvalue weighted by atomic mass is 33.1. The van der Waals surface area contributed by atoms with Crippen LogP contribution in [0.4, 0.5) is 0 Å². The molecule has 1 unspecified atom stereocenters. The van der Waals surface area contributed by atoms with E-state index < -0.39 is 0 Å². The second-order valence-electron chi connectivity index (χ2n) is 2.23. The van der Waals surface area contributed by atoms with Crippen LogP contribution in [0.25, 0.3) is 0 Å². The minimum atomic E-state index is -0.105. The molecule has 2 aliphatic heterocycles. The van der Waals surface area contributed by atoms with Gasteiger partial charge in [-0.1, -0.05) is 0 Å². The minimum Gasteiger partial charge on any atom is -0.468 e. The molecule has 0 aliphatic carbocycles. The summed E-state index contributed by atoms with van der Waals surface area (Å²) in [5, 5.41) is 0. The molecule has 11 heavy (non-hydrogen) atoms. The Kier molecular flexibility index (Phi) is 1.73. The van der Waals surface area contributed by atoms with Gasteiger partial charge in [-0.15, -0.1) is 0 Å². The lowest BCUT2D eigenvalue weighted by molar-refractivity contribution is 0.172. The molecule has 0 radical (unpaired) electrons. The van der Waals surface area contributed by atoms with Crippen LogP contribution in [0.1, 0.15) is 6.92 Å². The first-order valence-corrected chi connectivity index (χ1v) is 5.70. The Labute approximate surface area is 71.8 Å². The topological polar surface area (TPSA) is 18.5 Å². The van der Waals surface area contributed by atoms with Crippen LogP contribution >= 0.6 is 20.6 Å². The summed E-state index contributed by atoms with van der Waals surface area (Å²) in [6.45, 7) is 2.09. The van der Waals surface area contributed by atoms with E-state index in [2.05, 4.69) is 13.0 Å². The number of hydrogen-bond donors (Lipinski definition) is 0. The molecule has 2 heterocycles. The Morgan fingerprint density at radius 2 is 2.36 bits per heavy atom. The van der Waals surface area contributed by atoms with E-state index in [0.717, 1.165) is 0 Å². The maximum absolute atomic E-state index is 5.45. The highest BCUT2D eigenvalue weighted by Gasteiger charge is 2.21. The van der Waals surface area contributed by atoms with Gasteiger partial charge < -0.3 is 8.92 Å². The largest absolute Gasteiger partial charge is 0.468 e. The number of methoxy groups -OCH3 is 1. The van der Waals surface area contributed by atoms with Gasteiger partial charge in [-0.25, -0.2) is 0 Å². The van der Waals surface area contributed by atoms with Gasteiger partial charge in [0.05, 0.1) is 21.8 Å². The zero-order valence-electron chi connectivity index (χ0n) is 6.29. The molecular weight excluding hydrogens is 180 g/mol. The SMILES string of the molecule is COC1=CC2=S(O1)SC(C)=C2. The predicted molar refractivity (Wildman–Crippen MR) is 50.1 cm³/mol. The monoisotopic (exact) mass is 188 g/mol. The highest BCUT2D eigenvalue weighted by molar-refractivity contribution is 8.84. The van der Waals surface area contributed by atoms with Gasteiger partial charge in [-0.05, 0) is 28.7 Å². The smallest absolute Gasteiger partial charge is 0.292 e. The van der Waals surface area contributed by atoms with Gasteiger partial charge in [0.15, 0.2) is 0 Å². The molecule has 2 rings (SSSR count). The highest BCUT2D eigenvalue weighted by Crippen LogP contribution is 2.49. The van der Waals surface area contributed by atoms with Crippen LogP contribution in [0.2, 0.25) is 0 Å². The first-order valence-electron chi connectivity index (χ1n) is 3.21. The van der Waals surface area contributed by atoms with Crippen LogP contribution in [0.3, 0.4) is 0 Å². The third kappa shape index (κ3) is 1.20. The number of allylic oxidation sites excluding steroid dienone is 3. The van der Waals surface area contributed by atoms with Crippen LogP contribution < -0.4 is 0 Å². The fraction of sp³-hybridized carbons (Fsp3) is 0.286. The fourth-order valence-corrected chi connectivity index (χ4v) is 4.09. The molecule has 0 N–H and O–H groups in total. The van der Waals surface area contributed by atoms with Crippen molar-refractivity contribution in [1.82, 2.24) is 0 Å². The second kappa shape index (κ2) is 2.60. The second-order valence-corrected chi connectivity index (χ2v) is 5.55. The predicted octanol–water partition coefficient (Wildman–Crippen LogP) is 2.43. The van der Waals surface area contributed by atoms with Crippen LogP contribution in [0, 0.1) is 0 Å². The van der Waals surface area contributed by atoms with E-state index in [4.69, 9.17) is 8.92 Å². The zero-order valence-corrected chi connectivity index (χ0v) is 7.92. The molecule has 0 aromatic rings. The molecule has 0 bridgehead atoms. The third-order valence-corrected chi connectivity index (χ3v) is 4.86. The molecule has 0 fully saturated rings. The first kappa shape index (κ1) is 7.31. The number of ether oxygens (including phenoxy) is 1. The average Bonchev–Trinajstić information content (AvgIpc) is 2.43. The maximum Gasteiger partial charge on any atom is 0.292 e. The van der Waals surface area contributed by atoms with Gasteiger partial charge in [0, 0.05) is 6.08 Å². The third-order valence-electron chi connectivity index (χ3n) is 1.36. The van der Waals surface area contributed by atoms with Crippen molar-refractivity contribution in [2.45, 2.75) is 6.92 Å². The van der Waals surface area contributed by atoms with E-state index >= 15 is 0 Å². The minimum absolute atomic E-state index is 0.105. The Morgan fingerprint density at radius 1 is 1.55 bits per heavy atom. The summed E-state index contributed by atoms with van der Waals surface area (Å²) in [6, 6.07) is 0.